The number of carbonyl (C=O) groups excluding carboxylic acids is 1. The predicted octanol–water partition coefficient (Wildman–Crippen LogP) is 4.79. The summed E-state index contributed by atoms with van der Waals surface area (Å²) >= 11 is 0. The topological polar surface area (TPSA) is 91.3 Å². The van der Waals surface area contributed by atoms with Gasteiger partial charge in [-0.3, -0.25) is 9.80 Å². The van der Waals surface area contributed by atoms with E-state index in [1.807, 2.05) is 6.92 Å². The normalized spacial score (nSPS) is 17.5. The fourth-order valence-electron chi connectivity index (χ4n) is 5.34. The number of nitrogens with one attached hydrogen (secondary N) is 1. The molecule has 0 aromatic heterocycles. The first-order valence-electron chi connectivity index (χ1n) is 12.7. The molecule has 2 aliphatic rings. The third-order valence-electron chi connectivity index (χ3n) is 7.37. The van der Waals surface area contributed by atoms with E-state index in [1.54, 1.807) is 17.0 Å². The molecule has 2 fully saturated rings. The van der Waals surface area contributed by atoms with Crippen LogP contribution in [0.5, 0.6) is 11.5 Å². The number of benzene rings is 2. The zero-order chi connectivity index (χ0) is 26.0. The summed E-state index contributed by atoms with van der Waals surface area (Å²) in [5.41, 5.74) is 4.25. The second-order valence-electron chi connectivity index (χ2n) is 10.2. The van der Waals surface area contributed by atoms with Gasteiger partial charge in [-0.1, -0.05) is 19.9 Å². The number of carboxylic acid groups (broad SMARTS) is 1. The molecule has 2 N–H and O–H groups in total. The van der Waals surface area contributed by atoms with E-state index >= 15 is 0 Å². The minimum atomic E-state index is -1.06. The molecule has 0 radical (unpaired) electrons. The maximum Gasteiger partial charge on any atom is 0.339 e. The Morgan fingerprint density at radius 1 is 1.17 bits per heavy atom. The van der Waals surface area contributed by atoms with Gasteiger partial charge in [0.2, 0.25) is 0 Å². The van der Waals surface area contributed by atoms with Gasteiger partial charge in [0.05, 0.1) is 25.8 Å². The number of nitrogens with zero attached hydrogens (tertiary/aromatic N) is 2. The van der Waals surface area contributed by atoms with Crippen molar-refractivity contribution >= 4 is 17.7 Å². The van der Waals surface area contributed by atoms with Crippen molar-refractivity contribution in [1.29, 1.82) is 0 Å². The van der Waals surface area contributed by atoms with Crippen molar-refractivity contribution in [2.24, 2.45) is 0 Å². The van der Waals surface area contributed by atoms with Crippen LogP contribution in [0, 0.1) is 6.92 Å². The first-order valence-corrected chi connectivity index (χ1v) is 12.7. The average molecular weight is 496 g/mol. The highest BCUT2D eigenvalue weighted by molar-refractivity contribution is 5.97. The third kappa shape index (κ3) is 5.14. The Kier molecular flexibility index (Phi) is 7.45. The maximum atomic E-state index is 12.9. The van der Waals surface area contributed by atoms with Crippen LogP contribution in [0.15, 0.2) is 30.3 Å². The largest absolute Gasteiger partial charge is 0.496 e. The van der Waals surface area contributed by atoms with Gasteiger partial charge in [-0.05, 0) is 67.5 Å². The molecule has 4 rings (SSSR count). The van der Waals surface area contributed by atoms with E-state index in [9.17, 15) is 14.7 Å². The van der Waals surface area contributed by atoms with Gasteiger partial charge in [0.1, 0.15) is 17.1 Å². The van der Waals surface area contributed by atoms with Gasteiger partial charge in [-0.25, -0.2) is 9.59 Å². The van der Waals surface area contributed by atoms with Crippen LogP contribution in [0.3, 0.4) is 0 Å². The van der Waals surface area contributed by atoms with E-state index in [1.165, 1.54) is 29.9 Å². The minimum Gasteiger partial charge on any atom is -0.496 e. The van der Waals surface area contributed by atoms with Crippen LogP contribution in [-0.4, -0.2) is 60.9 Å². The molecule has 1 spiro atoms. The van der Waals surface area contributed by atoms with Gasteiger partial charge in [0.15, 0.2) is 0 Å². The van der Waals surface area contributed by atoms with Gasteiger partial charge < -0.3 is 19.9 Å². The molecule has 2 aromatic carbocycles. The van der Waals surface area contributed by atoms with Crippen LogP contribution in [0.1, 0.15) is 66.6 Å². The van der Waals surface area contributed by atoms with E-state index in [0.717, 1.165) is 38.2 Å². The fraction of sp³-hybridized carbons (Fsp3) is 0.500. The number of ether oxygens (including phenoxy) is 2. The Morgan fingerprint density at radius 2 is 1.89 bits per heavy atom. The number of aryl methyl sites for hydroxylation is 1. The lowest BCUT2D eigenvalue weighted by molar-refractivity contribution is 0.0693. The second kappa shape index (κ2) is 10.4. The number of urea groups is 1. The average Bonchev–Trinajstić information content (AvgIpc) is 3.17. The van der Waals surface area contributed by atoms with Crippen molar-refractivity contribution in [3.63, 3.8) is 0 Å². The molecular formula is C28H37N3O5. The number of carbonyl (C=O) groups is 2. The van der Waals surface area contributed by atoms with Crippen molar-refractivity contribution in [2.45, 2.75) is 58.5 Å². The second-order valence-corrected chi connectivity index (χ2v) is 10.2. The molecule has 0 atom stereocenters. The standard InChI is InChI=1S/C28H37N3O5/c1-6-36-24-14-20(23(18(2)3)13-19(24)4)16-30-11-9-28(10-12-30)17-31(27(34)29-28)21-7-8-22(26(32)33)25(15-21)35-5/h7-8,13-15,18H,6,9-12,16-17H2,1-5H3,(H,29,34)(H,32,33). The summed E-state index contributed by atoms with van der Waals surface area (Å²) in [7, 11) is 1.43. The molecule has 0 unspecified atom stereocenters. The van der Waals surface area contributed by atoms with Crippen molar-refractivity contribution < 1.29 is 24.2 Å². The van der Waals surface area contributed by atoms with Crippen LogP contribution in [0.4, 0.5) is 10.5 Å². The lowest BCUT2D eigenvalue weighted by Crippen LogP contribution is -2.52. The molecule has 2 aromatic rings. The van der Waals surface area contributed by atoms with E-state index in [2.05, 4.69) is 43.1 Å². The number of likely N-dealkylation sites (tertiary alicyclic amines) is 1. The molecule has 2 heterocycles. The monoisotopic (exact) mass is 495 g/mol. The molecule has 8 nitrogen and oxygen atoms in total. The number of aromatic carboxylic acids is 1. The molecule has 0 bridgehead atoms. The van der Waals surface area contributed by atoms with Crippen molar-refractivity contribution in [3.8, 4) is 11.5 Å². The van der Waals surface area contributed by atoms with E-state index in [0.29, 0.717) is 24.8 Å². The molecule has 0 aliphatic carbocycles. The quantitative estimate of drug-likeness (QED) is 0.547. The highest BCUT2D eigenvalue weighted by Gasteiger charge is 2.45. The highest BCUT2D eigenvalue weighted by atomic mass is 16.5. The summed E-state index contributed by atoms with van der Waals surface area (Å²) in [6.45, 7) is 12.4. The molecule has 0 saturated carbocycles. The fourth-order valence-corrected chi connectivity index (χ4v) is 5.34. The zero-order valence-electron chi connectivity index (χ0n) is 21.9. The summed E-state index contributed by atoms with van der Waals surface area (Å²) in [5, 5.41) is 12.6. The lowest BCUT2D eigenvalue weighted by Gasteiger charge is -2.39. The zero-order valence-corrected chi connectivity index (χ0v) is 21.9. The van der Waals surface area contributed by atoms with E-state index in [-0.39, 0.29) is 22.9 Å². The van der Waals surface area contributed by atoms with Crippen molar-refractivity contribution in [2.75, 3.05) is 38.3 Å². The summed E-state index contributed by atoms with van der Waals surface area (Å²) in [6.07, 6.45) is 1.70. The first kappa shape index (κ1) is 25.8. The van der Waals surface area contributed by atoms with Gasteiger partial charge in [-0.2, -0.15) is 0 Å². The van der Waals surface area contributed by atoms with E-state index < -0.39 is 5.97 Å². The van der Waals surface area contributed by atoms with Crippen LogP contribution >= 0.6 is 0 Å². The minimum absolute atomic E-state index is 0.0771. The molecule has 36 heavy (non-hydrogen) atoms. The van der Waals surface area contributed by atoms with Crippen LogP contribution in [0.25, 0.3) is 0 Å². The predicted molar refractivity (Wildman–Crippen MR) is 140 cm³/mol. The molecular weight excluding hydrogens is 458 g/mol. The SMILES string of the molecule is CCOc1cc(CN2CCC3(CC2)CN(c2ccc(C(=O)O)c(OC)c2)C(=O)N3)c(C(C)C)cc1C. The van der Waals surface area contributed by atoms with E-state index in [4.69, 9.17) is 9.47 Å². The Balaban J connectivity index is 1.46. The van der Waals surface area contributed by atoms with Gasteiger partial charge in [-0.15, -0.1) is 0 Å². The Morgan fingerprint density at radius 3 is 2.50 bits per heavy atom. The molecule has 2 amide bonds. The molecule has 194 valence electrons. The van der Waals surface area contributed by atoms with Crippen LogP contribution < -0.4 is 19.7 Å². The number of rotatable bonds is 8. The van der Waals surface area contributed by atoms with Gasteiger partial charge in [0, 0.05) is 31.4 Å². The third-order valence-corrected chi connectivity index (χ3v) is 7.37. The smallest absolute Gasteiger partial charge is 0.339 e. The lowest BCUT2D eigenvalue weighted by atomic mass is 9.87. The summed E-state index contributed by atoms with van der Waals surface area (Å²) in [4.78, 5) is 28.5. The first-order chi connectivity index (χ1) is 17.2. The van der Waals surface area contributed by atoms with Crippen molar-refractivity contribution in [1.82, 2.24) is 10.2 Å². The Hall–Kier alpha value is -3.26. The number of anilines is 1. The number of carboxylic acids is 1. The summed E-state index contributed by atoms with van der Waals surface area (Å²) in [6, 6.07) is 9.08. The number of hydrogen-bond acceptors (Lipinski definition) is 5. The Bertz CT molecular complexity index is 1140. The highest BCUT2D eigenvalue weighted by Crippen LogP contribution is 2.35. The van der Waals surface area contributed by atoms with Crippen molar-refractivity contribution in [3.05, 3.63) is 52.6 Å². The molecule has 2 aliphatic heterocycles. The van der Waals surface area contributed by atoms with Gasteiger partial charge >= 0.3 is 12.0 Å². The summed E-state index contributed by atoms with van der Waals surface area (Å²) < 4.78 is 11.1. The molecule has 2 saturated heterocycles. The van der Waals surface area contributed by atoms with Crippen LogP contribution in [-0.2, 0) is 6.54 Å². The van der Waals surface area contributed by atoms with Gasteiger partial charge in [0.25, 0.3) is 0 Å². The summed E-state index contributed by atoms with van der Waals surface area (Å²) in [5.74, 6) is 0.566. The number of methoxy groups -OCH3 is 1. The Labute approximate surface area is 213 Å². The number of piperidine rings is 1. The number of amides is 2. The molecule has 8 heteroatoms. The van der Waals surface area contributed by atoms with Crippen LogP contribution in [0.2, 0.25) is 0 Å². The number of hydrogen-bond donors (Lipinski definition) is 2. The maximum absolute atomic E-state index is 12.9.